The van der Waals surface area contributed by atoms with Crippen molar-refractivity contribution in [3.63, 3.8) is 0 Å². The maximum Gasteiger partial charge on any atom is 0.223 e. The van der Waals surface area contributed by atoms with E-state index in [-0.39, 0.29) is 5.91 Å². The van der Waals surface area contributed by atoms with E-state index in [9.17, 15) is 4.79 Å². The van der Waals surface area contributed by atoms with Gasteiger partial charge in [-0.1, -0.05) is 23.5 Å². The molecule has 7 nitrogen and oxygen atoms in total. The van der Waals surface area contributed by atoms with Crippen LogP contribution in [-0.4, -0.2) is 45.7 Å². The molecule has 1 amide bonds. The van der Waals surface area contributed by atoms with Crippen LogP contribution in [-0.2, 0) is 30.6 Å². The zero-order chi connectivity index (χ0) is 20.5. The summed E-state index contributed by atoms with van der Waals surface area (Å²) in [4.78, 5) is 18.3. The van der Waals surface area contributed by atoms with Crippen LogP contribution in [0.1, 0.15) is 29.3 Å². The molecule has 8 heteroatoms. The second kappa shape index (κ2) is 8.12. The van der Waals surface area contributed by atoms with E-state index in [0.717, 1.165) is 67.5 Å². The Kier molecular flexibility index (Phi) is 5.18. The third-order valence-electron chi connectivity index (χ3n) is 5.55. The van der Waals surface area contributed by atoms with Gasteiger partial charge in [0, 0.05) is 44.7 Å². The molecule has 154 valence electrons. The first-order chi connectivity index (χ1) is 14.6. The van der Waals surface area contributed by atoms with Crippen LogP contribution in [0.5, 0.6) is 5.75 Å². The van der Waals surface area contributed by atoms with Crippen molar-refractivity contribution in [2.45, 2.75) is 32.7 Å². The third kappa shape index (κ3) is 4.06. The minimum absolute atomic E-state index is 0.134. The van der Waals surface area contributed by atoms with E-state index in [4.69, 9.17) is 4.74 Å². The van der Waals surface area contributed by atoms with Crippen LogP contribution in [0.2, 0.25) is 0 Å². The fourth-order valence-electron chi connectivity index (χ4n) is 4.03. The summed E-state index contributed by atoms with van der Waals surface area (Å²) in [6.07, 6.45) is 4.93. The summed E-state index contributed by atoms with van der Waals surface area (Å²) in [7, 11) is 0. The highest BCUT2D eigenvalue weighted by Crippen LogP contribution is 2.30. The highest BCUT2D eigenvalue weighted by Gasteiger charge is 2.18. The molecule has 0 fully saturated rings. The third-order valence-corrected chi connectivity index (χ3v) is 6.43. The number of nitrogens with one attached hydrogen (secondary N) is 1. The number of pyridine rings is 1. The van der Waals surface area contributed by atoms with Gasteiger partial charge in [0.25, 0.3) is 0 Å². The fraction of sp³-hybridized carbons (Fsp3) is 0.364. The molecule has 3 aromatic rings. The Morgan fingerprint density at radius 3 is 2.90 bits per heavy atom. The quantitative estimate of drug-likeness (QED) is 0.697. The zero-order valence-electron chi connectivity index (χ0n) is 16.9. The molecule has 4 heterocycles. The van der Waals surface area contributed by atoms with Gasteiger partial charge in [-0.05, 0) is 41.7 Å². The summed E-state index contributed by atoms with van der Waals surface area (Å²) >= 11 is 1.40. The van der Waals surface area contributed by atoms with Gasteiger partial charge in [0.15, 0.2) is 0 Å². The van der Waals surface area contributed by atoms with E-state index in [0.29, 0.717) is 5.13 Å². The van der Waals surface area contributed by atoms with Crippen LogP contribution in [0.15, 0.2) is 30.5 Å². The molecule has 1 N–H and O–H groups in total. The van der Waals surface area contributed by atoms with E-state index in [1.165, 1.54) is 35.0 Å². The first kappa shape index (κ1) is 19.1. The van der Waals surface area contributed by atoms with Crippen molar-refractivity contribution in [1.82, 2.24) is 20.1 Å². The standard InChI is InChI=1S/C22H23N5O2S/c1-14(28)24-22-26-25-21(30-22)18-3-2-16-4-7-27(8-5-17(16)11-18)13-15-10-20-19(23-12-15)6-9-29-20/h2-3,10-12H,4-9,13H2,1H3,(H,24,26,28). The summed E-state index contributed by atoms with van der Waals surface area (Å²) in [6, 6.07) is 8.68. The first-order valence-electron chi connectivity index (χ1n) is 10.2. The van der Waals surface area contributed by atoms with E-state index in [2.05, 4.69) is 49.7 Å². The normalized spacial score (nSPS) is 15.8. The number of carbonyl (C=O) groups is 1. The van der Waals surface area contributed by atoms with Crippen LogP contribution >= 0.6 is 11.3 Å². The zero-order valence-corrected chi connectivity index (χ0v) is 17.7. The van der Waals surface area contributed by atoms with Crippen LogP contribution in [0.3, 0.4) is 0 Å². The average Bonchev–Trinajstić information content (AvgIpc) is 3.34. The number of anilines is 1. The number of hydrogen-bond donors (Lipinski definition) is 1. The lowest BCUT2D eigenvalue weighted by molar-refractivity contribution is -0.114. The molecule has 2 aliphatic rings. The SMILES string of the molecule is CC(=O)Nc1nnc(-c2ccc3c(c2)CCN(Cc2cnc4c(c2)OCC4)CC3)s1. The number of rotatable bonds is 4. The molecule has 2 aliphatic heterocycles. The number of aromatic nitrogens is 3. The number of amides is 1. The summed E-state index contributed by atoms with van der Waals surface area (Å²) in [5.41, 5.74) is 6.09. The molecule has 0 saturated carbocycles. The van der Waals surface area contributed by atoms with Gasteiger partial charge in [-0.2, -0.15) is 0 Å². The Balaban J connectivity index is 1.28. The summed E-state index contributed by atoms with van der Waals surface area (Å²) < 4.78 is 5.67. The van der Waals surface area contributed by atoms with Gasteiger partial charge >= 0.3 is 0 Å². The molecule has 1 aromatic carbocycles. The van der Waals surface area contributed by atoms with Gasteiger partial charge in [0.05, 0.1) is 12.3 Å². The summed E-state index contributed by atoms with van der Waals surface area (Å²) in [6.45, 7) is 5.13. The van der Waals surface area contributed by atoms with E-state index >= 15 is 0 Å². The molecule has 0 bridgehead atoms. The molecule has 2 aromatic heterocycles. The monoisotopic (exact) mass is 421 g/mol. The van der Waals surface area contributed by atoms with E-state index in [1.807, 2.05) is 6.20 Å². The molecule has 30 heavy (non-hydrogen) atoms. The summed E-state index contributed by atoms with van der Waals surface area (Å²) in [5, 5.41) is 12.4. The van der Waals surface area contributed by atoms with Crippen molar-refractivity contribution in [3.05, 3.63) is 52.8 Å². The molecular formula is C22H23N5O2S. The topological polar surface area (TPSA) is 80.2 Å². The molecule has 0 aliphatic carbocycles. The minimum atomic E-state index is -0.134. The van der Waals surface area contributed by atoms with Crippen molar-refractivity contribution < 1.29 is 9.53 Å². The van der Waals surface area contributed by atoms with Gasteiger partial charge in [-0.3, -0.25) is 14.7 Å². The van der Waals surface area contributed by atoms with Gasteiger partial charge < -0.3 is 10.1 Å². The van der Waals surface area contributed by atoms with Gasteiger partial charge in [-0.25, -0.2) is 0 Å². The summed E-state index contributed by atoms with van der Waals surface area (Å²) in [5.74, 6) is 0.816. The van der Waals surface area contributed by atoms with Crippen molar-refractivity contribution in [3.8, 4) is 16.3 Å². The predicted octanol–water partition coefficient (Wildman–Crippen LogP) is 3.09. The molecule has 0 saturated heterocycles. The van der Waals surface area contributed by atoms with Crippen molar-refractivity contribution in [2.24, 2.45) is 0 Å². The predicted molar refractivity (Wildman–Crippen MR) is 116 cm³/mol. The van der Waals surface area contributed by atoms with Crippen molar-refractivity contribution in [1.29, 1.82) is 0 Å². The highest BCUT2D eigenvalue weighted by atomic mass is 32.1. The number of nitrogens with zero attached hydrogens (tertiary/aromatic N) is 4. The number of hydrogen-bond acceptors (Lipinski definition) is 7. The lowest BCUT2D eigenvalue weighted by Gasteiger charge is -2.19. The van der Waals surface area contributed by atoms with Crippen LogP contribution in [0.25, 0.3) is 10.6 Å². The Hall–Kier alpha value is -2.84. The smallest absolute Gasteiger partial charge is 0.223 e. The Bertz CT molecular complexity index is 1100. The van der Waals surface area contributed by atoms with E-state index in [1.54, 1.807) is 0 Å². The minimum Gasteiger partial charge on any atom is -0.491 e. The maximum absolute atomic E-state index is 11.2. The fourth-order valence-corrected chi connectivity index (χ4v) is 4.82. The van der Waals surface area contributed by atoms with Crippen LogP contribution < -0.4 is 10.1 Å². The van der Waals surface area contributed by atoms with Crippen molar-refractivity contribution >= 4 is 22.4 Å². The second-order valence-corrected chi connectivity index (χ2v) is 8.72. The molecule has 0 unspecified atom stereocenters. The lowest BCUT2D eigenvalue weighted by atomic mass is 10.0. The largest absolute Gasteiger partial charge is 0.491 e. The first-order valence-corrected chi connectivity index (χ1v) is 11.0. The van der Waals surface area contributed by atoms with Crippen LogP contribution in [0, 0.1) is 0 Å². The Morgan fingerprint density at radius 2 is 2.03 bits per heavy atom. The molecule has 0 radical (unpaired) electrons. The Morgan fingerprint density at radius 1 is 1.17 bits per heavy atom. The Labute approximate surface area is 179 Å². The number of ether oxygens (including phenoxy) is 1. The maximum atomic E-state index is 11.2. The molecule has 0 atom stereocenters. The second-order valence-electron chi connectivity index (χ2n) is 7.74. The highest BCUT2D eigenvalue weighted by molar-refractivity contribution is 7.18. The van der Waals surface area contributed by atoms with Gasteiger partial charge in [-0.15, -0.1) is 10.2 Å². The number of benzene rings is 1. The van der Waals surface area contributed by atoms with E-state index < -0.39 is 0 Å². The van der Waals surface area contributed by atoms with Gasteiger partial charge in [0.1, 0.15) is 10.8 Å². The molecular weight excluding hydrogens is 398 g/mol. The average molecular weight is 422 g/mol. The van der Waals surface area contributed by atoms with Gasteiger partial charge in [0.2, 0.25) is 11.0 Å². The lowest BCUT2D eigenvalue weighted by Crippen LogP contribution is -2.26. The number of fused-ring (bicyclic) bond motifs is 2. The van der Waals surface area contributed by atoms with Crippen LogP contribution in [0.4, 0.5) is 5.13 Å². The molecule has 0 spiro atoms. The van der Waals surface area contributed by atoms with Crippen molar-refractivity contribution in [2.75, 3.05) is 25.0 Å². The number of carbonyl (C=O) groups excluding carboxylic acids is 1. The molecule has 5 rings (SSSR count).